The number of ketones is 1. The highest BCUT2D eigenvalue weighted by molar-refractivity contribution is 5.93. The maximum Gasteiger partial charge on any atom is 0.186 e. The molecule has 0 spiro atoms. The summed E-state index contributed by atoms with van der Waals surface area (Å²) in [5.74, 6) is -0.288. The second-order valence-electron chi connectivity index (χ2n) is 7.54. The van der Waals surface area contributed by atoms with Crippen LogP contribution in [0, 0.1) is 0 Å². The molecule has 4 heteroatoms. The van der Waals surface area contributed by atoms with Crippen molar-refractivity contribution in [1.29, 1.82) is 0 Å². The zero-order chi connectivity index (χ0) is 20.2. The molecule has 0 aliphatic carbocycles. The van der Waals surface area contributed by atoms with Crippen molar-refractivity contribution in [2.24, 2.45) is 0 Å². The average molecular weight is 385 g/mol. The topological polar surface area (TPSA) is 66.8 Å². The van der Waals surface area contributed by atoms with Crippen LogP contribution in [0.4, 0.5) is 0 Å². The molecule has 0 amide bonds. The minimum absolute atomic E-state index is 0.288. The number of hydrogen-bond donors (Lipinski definition) is 2. The van der Waals surface area contributed by atoms with E-state index in [2.05, 4.69) is 6.92 Å². The van der Waals surface area contributed by atoms with Gasteiger partial charge in [0.05, 0.1) is 6.61 Å². The number of carbonyl (C=O) groups excluding carboxylic acids is 1. The molecule has 0 fully saturated rings. The second-order valence-corrected chi connectivity index (χ2v) is 7.54. The van der Waals surface area contributed by atoms with Crippen molar-refractivity contribution in [2.75, 3.05) is 13.2 Å². The number of hydrogen-bond acceptors (Lipinski definition) is 4. The molecule has 0 heterocycles. The van der Waals surface area contributed by atoms with E-state index in [0.29, 0.717) is 6.61 Å². The van der Waals surface area contributed by atoms with E-state index in [9.17, 15) is 9.90 Å². The summed E-state index contributed by atoms with van der Waals surface area (Å²) in [5, 5.41) is 18.7. The second kappa shape index (κ2) is 20.0. The van der Waals surface area contributed by atoms with E-state index in [1.54, 1.807) is 13.0 Å². The van der Waals surface area contributed by atoms with Gasteiger partial charge in [0.1, 0.15) is 12.2 Å². The maximum atomic E-state index is 11.8. The first-order valence-corrected chi connectivity index (χ1v) is 11.2. The Labute approximate surface area is 167 Å². The largest absolute Gasteiger partial charge is 0.394 e. The molecular weight excluding hydrogens is 340 g/mol. The van der Waals surface area contributed by atoms with Gasteiger partial charge < -0.3 is 14.9 Å². The van der Waals surface area contributed by atoms with Gasteiger partial charge in [-0.15, -0.1) is 0 Å². The van der Waals surface area contributed by atoms with Gasteiger partial charge in [0, 0.05) is 6.61 Å². The number of carbonyl (C=O) groups is 1. The molecule has 0 aliphatic rings. The first kappa shape index (κ1) is 26.3. The first-order valence-electron chi connectivity index (χ1n) is 11.2. The minimum atomic E-state index is -1.15. The van der Waals surface area contributed by atoms with Gasteiger partial charge in [-0.2, -0.15) is 0 Å². The predicted molar refractivity (Wildman–Crippen MR) is 113 cm³/mol. The Bertz CT molecular complexity index is 354. The van der Waals surface area contributed by atoms with Crippen LogP contribution in [-0.2, 0) is 9.53 Å². The summed E-state index contributed by atoms with van der Waals surface area (Å²) in [6.45, 7) is 3.99. The molecule has 0 aromatic carbocycles. The van der Waals surface area contributed by atoms with Crippen molar-refractivity contribution in [3.63, 3.8) is 0 Å². The molecule has 2 atom stereocenters. The fraction of sp³-hybridized carbons (Fsp3) is 0.870. The van der Waals surface area contributed by atoms with Gasteiger partial charge in [-0.05, 0) is 19.4 Å². The molecule has 160 valence electrons. The highest BCUT2D eigenvalue weighted by Gasteiger charge is 2.24. The molecule has 27 heavy (non-hydrogen) atoms. The lowest BCUT2D eigenvalue weighted by atomic mass is 10.0. The van der Waals surface area contributed by atoms with Crippen molar-refractivity contribution in [3.8, 4) is 0 Å². The molecule has 0 saturated heterocycles. The molecular formula is C23H44O4. The summed E-state index contributed by atoms with van der Waals surface area (Å²) in [4.78, 5) is 11.8. The Hall–Kier alpha value is -0.710. The predicted octanol–water partition coefficient (Wildman–Crippen LogP) is 5.35. The zero-order valence-corrected chi connectivity index (χ0v) is 17.8. The average Bonchev–Trinajstić information content (AvgIpc) is 2.67. The SMILES string of the molecule is CC=CC(=O)C(OCCCCCCCCCCCCCCCC)[C@@H](O)CO. The third-order valence-corrected chi connectivity index (χ3v) is 4.94. The molecule has 0 rings (SSSR count). The summed E-state index contributed by atoms with van der Waals surface area (Å²) < 4.78 is 5.51. The molecule has 0 saturated carbocycles. The molecule has 2 N–H and O–H groups in total. The number of unbranched alkanes of at least 4 members (excludes halogenated alkanes) is 13. The number of allylic oxidation sites excluding steroid dienone is 1. The van der Waals surface area contributed by atoms with Crippen LogP contribution in [0.1, 0.15) is 104 Å². The van der Waals surface area contributed by atoms with Crippen LogP contribution in [0.2, 0.25) is 0 Å². The number of aliphatic hydroxyl groups is 2. The van der Waals surface area contributed by atoms with Crippen molar-refractivity contribution in [1.82, 2.24) is 0 Å². The van der Waals surface area contributed by atoms with Gasteiger partial charge in [0.25, 0.3) is 0 Å². The summed E-state index contributed by atoms with van der Waals surface area (Å²) in [5.41, 5.74) is 0. The van der Waals surface area contributed by atoms with Gasteiger partial charge in [-0.1, -0.05) is 96.5 Å². The molecule has 0 aromatic heterocycles. The number of rotatable bonds is 20. The van der Waals surface area contributed by atoms with Crippen LogP contribution in [0.15, 0.2) is 12.2 Å². The Morgan fingerprint density at radius 3 is 1.70 bits per heavy atom. The van der Waals surface area contributed by atoms with Crippen LogP contribution >= 0.6 is 0 Å². The van der Waals surface area contributed by atoms with E-state index in [4.69, 9.17) is 9.84 Å². The van der Waals surface area contributed by atoms with E-state index in [-0.39, 0.29) is 5.78 Å². The van der Waals surface area contributed by atoms with Crippen LogP contribution in [0.25, 0.3) is 0 Å². The molecule has 1 unspecified atom stereocenters. The van der Waals surface area contributed by atoms with E-state index in [1.165, 1.54) is 83.1 Å². The molecule has 0 radical (unpaired) electrons. The summed E-state index contributed by atoms with van der Waals surface area (Å²) in [6.07, 6.45) is 19.0. The Morgan fingerprint density at radius 1 is 0.852 bits per heavy atom. The van der Waals surface area contributed by atoms with Crippen molar-refractivity contribution < 1.29 is 19.7 Å². The monoisotopic (exact) mass is 384 g/mol. The zero-order valence-electron chi connectivity index (χ0n) is 17.8. The third-order valence-electron chi connectivity index (χ3n) is 4.94. The fourth-order valence-corrected chi connectivity index (χ4v) is 3.24. The molecule has 0 aromatic rings. The Kier molecular flexibility index (Phi) is 19.5. The van der Waals surface area contributed by atoms with Gasteiger partial charge in [-0.3, -0.25) is 4.79 Å². The Morgan fingerprint density at radius 2 is 1.30 bits per heavy atom. The Balaban J connectivity index is 3.48. The normalized spacial score (nSPS) is 13.9. The lowest BCUT2D eigenvalue weighted by molar-refractivity contribution is -0.135. The standard InChI is InChI=1S/C23H44O4/c1-3-5-6-7-8-9-10-11-12-13-14-15-16-17-19-27-23(22(26)20-24)21(25)18-4-2/h4,18,22-24,26H,3,5-17,19-20H2,1-2H3/t22-,23?/m0/s1. The number of aliphatic hydroxyl groups excluding tert-OH is 2. The maximum absolute atomic E-state index is 11.8. The van der Waals surface area contributed by atoms with Crippen molar-refractivity contribution in [2.45, 2.75) is 116 Å². The third kappa shape index (κ3) is 16.0. The van der Waals surface area contributed by atoms with Crippen LogP contribution in [0.5, 0.6) is 0 Å². The van der Waals surface area contributed by atoms with Gasteiger partial charge in [0.15, 0.2) is 5.78 Å². The lowest BCUT2D eigenvalue weighted by Crippen LogP contribution is -2.38. The lowest BCUT2D eigenvalue weighted by Gasteiger charge is -2.19. The van der Waals surface area contributed by atoms with Crippen molar-refractivity contribution in [3.05, 3.63) is 12.2 Å². The van der Waals surface area contributed by atoms with Gasteiger partial charge >= 0.3 is 0 Å². The molecule has 4 nitrogen and oxygen atoms in total. The number of ether oxygens (including phenoxy) is 1. The van der Waals surface area contributed by atoms with Gasteiger partial charge in [-0.25, -0.2) is 0 Å². The van der Waals surface area contributed by atoms with E-state index >= 15 is 0 Å². The van der Waals surface area contributed by atoms with Crippen molar-refractivity contribution >= 4 is 5.78 Å². The van der Waals surface area contributed by atoms with Crippen LogP contribution in [-0.4, -0.2) is 41.4 Å². The highest BCUT2D eigenvalue weighted by atomic mass is 16.5. The van der Waals surface area contributed by atoms with E-state index < -0.39 is 18.8 Å². The van der Waals surface area contributed by atoms with E-state index in [1.807, 2.05) is 0 Å². The smallest absolute Gasteiger partial charge is 0.186 e. The summed E-state index contributed by atoms with van der Waals surface area (Å²) >= 11 is 0. The highest BCUT2D eigenvalue weighted by Crippen LogP contribution is 2.13. The van der Waals surface area contributed by atoms with Crippen LogP contribution in [0.3, 0.4) is 0 Å². The van der Waals surface area contributed by atoms with Crippen LogP contribution < -0.4 is 0 Å². The van der Waals surface area contributed by atoms with E-state index in [0.717, 1.165) is 12.8 Å². The first-order chi connectivity index (χ1) is 13.2. The molecule has 0 bridgehead atoms. The summed E-state index contributed by atoms with van der Waals surface area (Å²) in [7, 11) is 0. The molecule has 0 aliphatic heterocycles. The fourth-order valence-electron chi connectivity index (χ4n) is 3.24. The minimum Gasteiger partial charge on any atom is -0.394 e. The quantitative estimate of drug-likeness (QED) is 0.219. The summed E-state index contributed by atoms with van der Waals surface area (Å²) in [6, 6.07) is 0. The van der Waals surface area contributed by atoms with Gasteiger partial charge in [0.2, 0.25) is 0 Å².